The van der Waals surface area contributed by atoms with Crippen molar-refractivity contribution in [2.24, 2.45) is 5.41 Å². The fraction of sp³-hybridized carbons (Fsp3) is 0.722. The summed E-state index contributed by atoms with van der Waals surface area (Å²) in [5.74, 6) is -2.52. The van der Waals surface area contributed by atoms with Crippen molar-refractivity contribution in [2.45, 2.75) is 12.8 Å². The smallest absolute Gasteiger partial charge is 0.331 e. The lowest BCUT2D eigenvalue weighted by Gasteiger charge is -2.27. The van der Waals surface area contributed by atoms with E-state index in [0.717, 1.165) is 58.5 Å². The highest BCUT2D eigenvalue weighted by Crippen LogP contribution is 2.19. The number of unbranched alkanes of at least 4 members (excludes halogenated alkanes) is 1. The van der Waals surface area contributed by atoms with Gasteiger partial charge in [0.15, 0.2) is 0 Å². The molecule has 0 bridgehead atoms. The second kappa shape index (κ2) is 13.2. The first kappa shape index (κ1) is 24.0. The molecule has 1 heterocycles. The Bertz CT molecular complexity index is 525. The number of methoxy groups -OCH3 is 1. The van der Waals surface area contributed by atoms with Gasteiger partial charge in [-0.25, -0.2) is 9.59 Å². The van der Waals surface area contributed by atoms with Crippen LogP contribution in [0.15, 0.2) is 12.2 Å². The molecule has 0 aromatic heterocycles. The van der Waals surface area contributed by atoms with Gasteiger partial charge in [-0.05, 0) is 19.4 Å². The van der Waals surface area contributed by atoms with Crippen LogP contribution in [0, 0.1) is 5.41 Å². The molecule has 1 aliphatic heterocycles. The fourth-order valence-corrected chi connectivity index (χ4v) is 2.37. The third-order valence-corrected chi connectivity index (χ3v) is 4.29. The van der Waals surface area contributed by atoms with Gasteiger partial charge in [0.05, 0.1) is 40.1 Å². The van der Waals surface area contributed by atoms with Crippen molar-refractivity contribution in [2.75, 3.05) is 66.4 Å². The van der Waals surface area contributed by atoms with Crippen molar-refractivity contribution in [3.05, 3.63) is 12.2 Å². The standard InChI is InChI=1S/C18H29NO9/c1-25-15(22)4-5-16(23)28-14-18(12-20,13-21)17(24)27-9-3-2-6-19-7-10-26-11-8-19/h4-5,20-21H,2-3,6-14H2,1H3/b5-4+. The van der Waals surface area contributed by atoms with Gasteiger partial charge >= 0.3 is 17.9 Å². The van der Waals surface area contributed by atoms with Crippen LogP contribution in [-0.4, -0.2) is 99.4 Å². The highest BCUT2D eigenvalue weighted by atomic mass is 16.6. The number of morpholine rings is 1. The number of nitrogens with zero attached hydrogens (tertiary/aromatic N) is 1. The zero-order valence-corrected chi connectivity index (χ0v) is 16.1. The number of ether oxygens (including phenoxy) is 4. The molecule has 1 rings (SSSR count). The molecular formula is C18H29NO9. The lowest BCUT2D eigenvalue weighted by atomic mass is 9.91. The molecule has 2 N–H and O–H groups in total. The van der Waals surface area contributed by atoms with Gasteiger partial charge in [0.25, 0.3) is 0 Å². The van der Waals surface area contributed by atoms with Crippen LogP contribution in [0.4, 0.5) is 0 Å². The minimum atomic E-state index is -1.76. The van der Waals surface area contributed by atoms with Gasteiger partial charge in [-0.15, -0.1) is 0 Å². The molecular weight excluding hydrogens is 374 g/mol. The van der Waals surface area contributed by atoms with E-state index >= 15 is 0 Å². The summed E-state index contributed by atoms with van der Waals surface area (Å²) in [6, 6.07) is 0. The zero-order chi connectivity index (χ0) is 20.8. The van der Waals surface area contributed by atoms with Gasteiger partial charge < -0.3 is 29.2 Å². The van der Waals surface area contributed by atoms with Crippen LogP contribution in [0.5, 0.6) is 0 Å². The van der Waals surface area contributed by atoms with E-state index in [0.29, 0.717) is 6.42 Å². The Morgan fingerprint density at radius 1 is 1.04 bits per heavy atom. The Hall–Kier alpha value is -2.01. The molecule has 1 saturated heterocycles. The zero-order valence-electron chi connectivity index (χ0n) is 16.1. The maximum atomic E-state index is 12.3. The fourth-order valence-electron chi connectivity index (χ4n) is 2.37. The Balaban J connectivity index is 2.38. The second-order valence-electron chi connectivity index (χ2n) is 6.36. The van der Waals surface area contributed by atoms with Crippen LogP contribution in [0.2, 0.25) is 0 Å². The molecule has 160 valence electrons. The number of hydrogen-bond acceptors (Lipinski definition) is 10. The summed E-state index contributed by atoms with van der Waals surface area (Å²) < 4.78 is 19.6. The Kier molecular flexibility index (Phi) is 11.3. The van der Waals surface area contributed by atoms with E-state index in [-0.39, 0.29) is 6.61 Å². The maximum absolute atomic E-state index is 12.3. The number of aliphatic hydroxyl groups excluding tert-OH is 2. The average molecular weight is 403 g/mol. The number of hydrogen-bond donors (Lipinski definition) is 2. The van der Waals surface area contributed by atoms with Gasteiger partial charge in [-0.1, -0.05) is 0 Å². The van der Waals surface area contributed by atoms with E-state index in [2.05, 4.69) is 9.64 Å². The monoisotopic (exact) mass is 403 g/mol. The first-order valence-electron chi connectivity index (χ1n) is 9.09. The van der Waals surface area contributed by atoms with Crippen LogP contribution >= 0.6 is 0 Å². The van der Waals surface area contributed by atoms with E-state index < -0.39 is 43.1 Å². The summed E-state index contributed by atoms with van der Waals surface area (Å²) in [4.78, 5) is 37.0. The molecule has 0 atom stereocenters. The molecule has 0 aromatic rings. The molecule has 0 saturated carbocycles. The summed E-state index contributed by atoms with van der Waals surface area (Å²) in [5, 5.41) is 19.1. The summed E-state index contributed by atoms with van der Waals surface area (Å²) in [6.45, 7) is 2.10. The highest BCUT2D eigenvalue weighted by Gasteiger charge is 2.40. The van der Waals surface area contributed by atoms with Crippen LogP contribution in [-0.2, 0) is 33.3 Å². The molecule has 0 unspecified atom stereocenters. The Morgan fingerprint density at radius 3 is 2.29 bits per heavy atom. The molecule has 1 aliphatic rings. The normalized spacial score (nSPS) is 15.4. The van der Waals surface area contributed by atoms with Crippen molar-refractivity contribution < 1.29 is 43.5 Å². The molecule has 28 heavy (non-hydrogen) atoms. The summed E-state index contributed by atoms with van der Waals surface area (Å²) >= 11 is 0. The summed E-state index contributed by atoms with van der Waals surface area (Å²) in [6.07, 6.45) is 3.13. The second-order valence-corrected chi connectivity index (χ2v) is 6.36. The van der Waals surface area contributed by atoms with Gasteiger partial charge in [0.2, 0.25) is 0 Å². The van der Waals surface area contributed by atoms with Crippen LogP contribution in [0.25, 0.3) is 0 Å². The predicted molar refractivity (Wildman–Crippen MR) is 96.2 cm³/mol. The number of carbonyl (C=O) groups is 3. The van der Waals surface area contributed by atoms with E-state index in [1.54, 1.807) is 0 Å². The van der Waals surface area contributed by atoms with Crippen molar-refractivity contribution >= 4 is 17.9 Å². The van der Waals surface area contributed by atoms with Gasteiger partial charge in [-0.2, -0.15) is 0 Å². The lowest BCUT2D eigenvalue weighted by molar-refractivity contribution is -0.169. The van der Waals surface area contributed by atoms with Crippen molar-refractivity contribution in [3.63, 3.8) is 0 Å². The molecule has 0 aromatic carbocycles. The maximum Gasteiger partial charge on any atom is 0.331 e. The van der Waals surface area contributed by atoms with Gasteiger partial charge in [0.1, 0.15) is 12.0 Å². The van der Waals surface area contributed by atoms with Gasteiger partial charge in [-0.3, -0.25) is 9.69 Å². The minimum Gasteiger partial charge on any atom is -0.466 e. The number of aliphatic hydroxyl groups is 2. The van der Waals surface area contributed by atoms with Gasteiger partial charge in [0, 0.05) is 25.2 Å². The first-order chi connectivity index (χ1) is 13.5. The van der Waals surface area contributed by atoms with E-state index in [9.17, 15) is 24.6 Å². The molecule has 0 aliphatic carbocycles. The third-order valence-electron chi connectivity index (χ3n) is 4.29. The SMILES string of the molecule is COC(=O)/C=C/C(=O)OCC(CO)(CO)C(=O)OCCCCN1CCOCC1. The summed E-state index contributed by atoms with van der Waals surface area (Å²) in [7, 11) is 1.15. The average Bonchev–Trinajstić information content (AvgIpc) is 2.73. The highest BCUT2D eigenvalue weighted by molar-refractivity contribution is 5.91. The quantitative estimate of drug-likeness (QED) is 0.179. The molecule has 0 radical (unpaired) electrons. The predicted octanol–water partition coefficient (Wildman–Crippen LogP) is -1.11. The Morgan fingerprint density at radius 2 is 1.68 bits per heavy atom. The largest absolute Gasteiger partial charge is 0.466 e. The van der Waals surface area contributed by atoms with Crippen LogP contribution < -0.4 is 0 Å². The van der Waals surface area contributed by atoms with Crippen molar-refractivity contribution in [1.29, 1.82) is 0 Å². The molecule has 1 fully saturated rings. The first-order valence-corrected chi connectivity index (χ1v) is 9.09. The molecule has 10 nitrogen and oxygen atoms in total. The summed E-state index contributed by atoms with van der Waals surface area (Å²) in [5.41, 5.74) is -1.76. The van der Waals surface area contributed by atoms with E-state index in [1.165, 1.54) is 0 Å². The Labute approximate surface area is 164 Å². The minimum absolute atomic E-state index is 0.126. The van der Waals surface area contributed by atoms with Crippen molar-refractivity contribution in [1.82, 2.24) is 4.90 Å². The molecule has 0 amide bonds. The lowest BCUT2D eigenvalue weighted by Crippen LogP contribution is -2.44. The van der Waals surface area contributed by atoms with Crippen LogP contribution in [0.3, 0.4) is 0 Å². The van der Waals surface area contributed by atoms with Crippen molar-refractivity contribution in [3.8, 4) is 0 Å². The van der Waals surface area contributed by atoms with E-state index in [1.807, 2.05) is 0 Å². The number of esters is 3. The molecule has 0 spiro atoms. The van der Waals surface area contributed by atoms with E-state index in [4.69, 9.17) is 14.2 Å². The third kappa shape index (κ3) is 8.34. The topological polar surface area (TPSA) is 132 Å². The van der Waals surface area contributed by atoms with Crippen LogP contribution in [0.1, 0.15) is 12.8 Å². The molecule has 10 heteroatoms. The number of carbonyl (C=O) groups excluding carboxylic acids is 3. The number of rotatable bonds is 12.